The van der Waals surface area contributed by atoms with Crippen LogP contribution in [0.25, 0.3) is 0 Å². The van der Waals surface area contributed by atoms with Gasteiger partial charge in [-0.3, -0.25) is 9.69 Å². The van der Waals surface area contributed by atoms with Gasteiger partial charge in [-0.1, -0.05) is 30.1 Å². The van der Waals surface area contributed by atoms with E-state index < -0.39 is 17.7 Å². The number of β-amino-alcohol motifs (C(OH)–C–C–N with tert-alkyl or cyclic N) is 1. The normalized spacial score (nSPS) is 22.2. The van der Waals surface area contributed by atoms with E-state index in [1.165, 1.54) is 6.07 Å². The minimum absolute atomic E-state index is 0.125. The molecule has 0 aromatic heterocycles. The van der Waals surface area contributed by atoms with Gasteiger partial charge in [0.05, 0.1) is 11.6 Å². The number of carbonyl (C=O) groups excluding carboxylic acids is 2. The molecule has 23 heavy (non-hydrogen) atoms. The highest BCUT2D eigenvalue weighted by atomic mass is 35.5. The average molecular weight is 361 g/mol. The molecule has 2 rings (SSSR count). The largest absolute Gasteiger partial charge is 0.489 e. The Bertz CT molecular complexity index is 625. The summed E-state index contributed by atoms with van der Waals surface area (Å²) >= 11 is 11.8. The highest BCUT2D eigenvalue weighted by Gasteiger charge is 2.46. The molecule has 0 bridgehead atoms. The van der Waals surface area contributed by atoms with Crippen LogP contribution in [0, 0.1) is 0 Å². The molecule has 1 saturated heterocycles. The van der Waals surface area contributed by atoms with E-state index in [2.05, 4.69) is 5.32 Å². The van der Waals surface area contributed by atoms with Gasteiger partial charge in [0.2, 0.25) is 0 Å². The molecule has 126 valence electrons. The van der Waals surface area contributed by atoms with Crippen LogP contribution in [0.15, 0.2) is 18.2 Å². The van der Waals surface area contributed by atoms with Gasteiger partial charge in [0, 0.05) is 11.1 Å². The third-order valence-electron chi connectivity index (χ3n) is 3.77. The fourth-order valence-electron chi connectivity index (χ4n) is 2.19. The molecule has 2 N–H and O–H groups in total. The van der Waals surface area contributed by atoms with E-state index in [1.54, 1.807) is 19.1 Å². The van der Waals surface area contributed by atoms with Gasteiger partial charge in [-0.25, -0.2) is 4.79 Å². The minimum Gasteiger partial charge on any atom is -0.489 e. The second-order valence-corrected chi connectivity index (χ2v) is 6.41. The van der Waals surface area contributed by atoms with Gasteiger partial charge in [-0.2, -0.15) is 0 Å². The molecule has 1 aromatic carbocycles. The topological polar surface area (TPSA) is 78.9 Å². The quantitative estimate of drug-likeness (QED) is 0.763. The second kappa shape index (κ2) is 6.95. The van der Waals surface area contributed by atoms with Crippen LogP contribution in [-0.4, -0.2) is 46.7 Å². The molecule has 0 saturated carbocycles. The third kappa shape index (κ3) is 3.88. The van der Waals surface area contributed by atoms with Gasteiger partial charge in [-0.15, -0.1) is 0 Å². The lowest BCUT2D eigenvalue weighted by Crippen LogP contribution is -2.44. The molecule has 3 amide bonds. The maximum Gasteiger partial charge on any atom is 0.325 e. The first kappa shape index (κ1) is 17.8. The maximum atomic E-state index is 12.2. The molecule has 1 aliphatic heterocycles. The number of aliphatic hydroxyl groups excluding tert-OH is 1. The number of hydrogen-bond donors (Lipinski definition) is 2. The molecule has 1 aliphatic rings. The third-order valence-corrected chi connectivity index (χ3v) is 4.32. The zero-order valence-corrected chi connectivity index (χ0v) is 14.3. The van der Waals surface area contributed by atoms with E-state index in [-0.39, 0.29) is 19.1 Å². The Labute approximate surface area is 144 Å². The predicted octanol–water partition coefficient (Wildman–Crippen LogP) is 2.45. The number of hydrogen-bond acceptors (Lipinski definition) is 4. The minimum atomic E-state index is -1.04. The summed E-state index contributed by atoms with van der Waals surface area (Å²) in [6.45, 7) is 3.18. The number of carbonyl (C=O) groups is 2. The van der Waals surface area contributed by atoms with Crippen molar-refractivity contribution in [1.29, 1.82) is 0 Å². The first-order valence-electron chi connectivity index (χ1n) is 7.17. The standard InChI is InChI=1S/C15H18Cl2N2O4/c1-3-15(2)13(21)19(14(22)18-15)7-10(20)8-23-12-6-9(16)4-5-11(12)17/h4-6,10,20H,3,7-8H2,1-2H3,(H,18,22). The van der Waals surface area contributed by atoms with Crippen LogP contribution in [-0.2, 0) is 4.79 Å². The fourth-order valence-corrected chi connectivity index (χ4v) is 2.52. The molecule has 1 heterocycles. The number of amides is 3. The molecule has 2 atom stereocenters. The predicted molar refractivity (Wildman–Crippen MR) is 86.9 cm³/mol. The smallest absolute Gasteiger partial charge is 0.325 e. The highest BCUT2D eigenvalue weighted by molar-refractivity contribution is 6.34. The van der Waals surface area contributed by atoms with E-state index in [0.29, 0.717) is 22.2 Å². The van der Waals surface area contributed by atoms with Crippen molar-refractivity contribution in [3.63, 3.8) is 0 Å². The van der Waals surface area contributed by atoms with Crippen molar-refractivity contribution in [2.75, 3.05) is 13.2 Å². The van der Waals surface area contributed by atoms with Crippen LogP contribution in [0.3, 0.4) is 0 Å². The summed E-state index contributed by atoms with van der Waals surface area (Å²) in [4.78, 5) is 25.1. The van der Waals surface area contributed by atoms with E-state index in [4.69, 9.17) is 27.9 Å². The van der Waals surface area contributed by atoms with Gasteiger partial charge >= 0.3 is 6.03 Å². The zero-order valence-electron chi connectivity index (χ0n) is 12.8. The van der Waals surface area contributed by atoms with Crippen molar-refractivity contribution in [3.05, 3.63) is 28.2 Å². The number of imide groups is 1. The second-order valence-electron chi connectivity index (χ2n) is 5.57. The molecular weight excluding hydrogens is 343 g/mol. The van der Waals surface area contributed by atoms with Crippen molar-refractivity contribution in [2.45, 2.75) is 31.9 Å². The van der Waals surface area contributed by atoms with Gasteiger partial charge in [-0.05, 0) is 25.5 Å². The number of nitrogens with zero attached hydrogens (tertiary/aromatic N) is 1. The lowest BCUT2D eigenvalue weighted by molar-refractivity contribution is -0.132. The molecule has 2 unspecified atom stereocenters. The first-order chi connectivity index (χ1) is 10.8. The van der Waals surface area contributed by atoms with E-state index in [9.17, 15) is 14.7 Å². The average Bonchev–Trinajstić information content (AvgIpc) is 2.72. The van der Waals surface area contributed by atoms with Crippen molar-refractivity contribution >= 4 is 35.1 Å². The molecule has 0 aliphatic carbocycles. The summed E-state index contributed by atoms with van der Waals surface area (Å²) in [6, 6.07) is 4.21. The Morgan fingerprint density at radius 1 is 1.39 bits per heavy atom. The van der Waals surface area contributed by atoms with Crippen molar-refractivity contribution in [1.82, 2.24) is 10.2 Å². The van der Waals surface area contributed by atoms with Crippen molar-refractivity contribution < 1.29 is 19.4 Å². The van der Waals surface area contributed by atoms with Crippen LogP contribution in [0.4, 0.5) is 4.79 Å². The van der Waals surface area contributed by atoms with Crippen LogP contribution in [0.2, 0.25) is 10.0 Å². The van der Waals surface area contributed by atoms with Crippen LogP contribution in [0.1, 0.15) is 20.3 Å². The molecule has 0 spiro atoms. The number of ether oxygens (including phenoxy) is 1. The molecule has 6 nitrogen and oxygen atoms in total. The molecule has 1 aromatic rings. The SMILES string of the molecule is CCC1(C)NC(=O)N(CC(O)COc2cc(Cl)ccc2Cl)C1=O. The highest BCUT2D eigenvalue weighted by Crippen LogP contribution is 2.28. The van der Waals surface area contributed by atoms with Gasteiger partial charge in [0.1, 0.15) is 24.0 Å². The summed E-state index contributed by atoms with van der Waals surface area (Å²) < 4.78 is 5.40. The summed E-state index contributed by atoms with van der Waals surface area (Å²) in [5, 5.41) is 13.5. The summed E-state index contributed by atoms with van der Waals surface area (Å²) in [5.41, 5.74) is -0.923. The Hall–Kier alpha value is -1.50. The lowest BCUT2D eigenvalue weighted by atomic mass is 9.99. The molecule has 8 heteroatoms. The fraction of sp³-hybridized carbons (Fsp3) is 0.467. The summed E-state index contributed by atoms with van der Waals surface area (Å²) in [7, 11) is 0. The van der Waals surface area contributed by atoms with E-state index >= 15 is 0 Å². The van der Waals surface area contributed by atoms with Crippen molar-refractivity contribution in [2.24, 2.45) is 0 Å². The lowest BCUT2D eigenvalue weighted by Gasteiger charge is -2.21. The summed E-state index contributed by atoms with van der Waals surface area (Å²) in [6.07, 6.45) is -0.572. The number of urea groups is 1. The zero-order chi connectivity index (χ0) is 17.2. The Morgan fingerprint density at radius 3 is 2.70 bits per heavy atom. The number of aliphatic hydroxyl groups is 1. The Kier molecular flexibility index (Phi) is 5.39. The monoisotopic (exact) mass is 360 g/mol. The van der Waals surface area contributed by atoms with Crippen LogP contribution >= 0.6 is 23.2 Å². The summed E-state index contributed by atoms with van der Waals surface area (Å²) in [5.74, 6) is -0.0290. The molecule has 1 fully saturated rings. The Morgan fingerprint density at radius 2 is 2.09 bits per heavy atom. The molecule has 0 radical (unpaired) electrons. The van der Waals surface area contributed by atoms with Crippen molar-refractivity contribution in [3.8, 4) is 5.75 Å². The number of rotatable bonds is 6. The number of nitrogens with one attached hydrogen (secondary N) is 1. The van der Waals surface area contributed by atoms with E-state index in [0.717, 1.165) is 4.90 Å². The maximum absolute atomic E-state index is 12.2. The number of benzene rings is 1. The van der Waals surface area contributed by atoms with Crippen LogP contribution < -0.4 is 10.1 Å². The van der Waals surface area contributed by atoms with Gasteiger partial charge < -0.3 is 15.2 Å². The Balaban J connectivity index is 1.95. The van der Waals surface area contributed by atoms with E-state index in [1.807, 2.05) is 6.92 Å². The van der Waals surface area contributed by atoms with Gasteiger partial charge in [0.15, 0.2) is 0 Å². The first-order valence-corrected chi connectivity index (χ1v) is 7.92. The van der Waals surface area contributed by atoms with Gasteiger partial charge in [0.25, 0.3) is 5.91 Å². The molecular formula is C15H18Cl2N2O4. The number of halogens is 2. The van der Waals surface area contributed by atoms with Crippen LogP contribution in [0.5, 0.6) is 5.75 Å².